The highest BCUT2D eigenvalue weighted by Crippen LogP contribution is 2.29. The molecular weight excluding hydrogens is 412 g/mol. The zero-order valence-electron chi connectivity index (χ0n) is 13.2. The highest BCUT2D eigenvalue weighted by atomic mass is 127. The predicted octanol–water partition coefficient (Wildman–Crippen LogP) is 2.57. The highest BCUT2D eigenvalue weighted by molar-refractivity contribution is 14.0. The molecule has 7 heteroatoms. The SMILES string of the molecule is CCNC(=NCCc1cc(F)cc2c1OCOC2)NC1CC1.I. The number of nitrogens with zero attached hydrogens (tertiary/aromatic N) is 1. The second-order valence-corrected chi connectivity index (χ2v) is 5.59. The molecule has 1 aliphatic carbocycles. The van der Waals surface area contributed by atoms with E-state index in [9.17, 15) is 4.39 Å². The molecule has 0 aromatic heterocycles. The van der Waals surface area contributed by atoms with E-state index in [4.69, 9.17) is 9.47 Å². The van der Waals surface area contributed by atoms with Crippen molar-refractivity contribution >= 4 is 29.9 Å². The van der Waals surface area contributed by atoms with E-state index >= 15 is 0 Å². The molecule has 0 radical (unpaired) electrons. The fourth-order valence-electron chi connectivity index (χ4n) is 2.47. The van der Waals surface area contributed by atoms with Crippen LogP contribution in [-0.4, -0.2) is 31.9 Å². The Balaban J connectivity index is 0.00000192. The van der Waals surface area contributed by atoms with E-state index < -0.39 is 0 Å². The fourth-order valence-corrected chi connectivity index (χ4v) is 2.47. The normalized spacial score (nSPS) is 16.9. The molecule has 0 atom stereocenters. The van der Waals surface area contributed by atoms with Gasteiger partial charge in [0.15, 0.2) is 12.8 Å². The Bertz CT molecular complexity index is 565. The van der Waals surface area contributed by atoms with Gasteiger partial charge in [0.2, 0.25) is 0 Å². The van der Waals surface area contributed by atoms with Crippen LogP contribution < -0.4 is 15.4 Å². The van der Waals surface area contributed by atoms with Crippen LogP contribution >= 0.6 is 24.0 Å². The van der Waals surface area contributed by atoms with Crippen LogP contribution in [0.1, 0.15) is 30.9 Å². The van der Waals surface area contributed by atoms with Crippen molar-refractivity contribution in [3.63, 3.8) is 0 Å². The molecule has 1 heterocycles. The minimum atomic E-state index is -0.255. The summed E-state index contributed by atoms with van der Waals surface area (Å²) in [6.45, 7) is 4.08. The number of hydrogen-bond acceptors (Lipinski definition) is 3. The maximum atomic E-state index is 13.7. The van der Waals surface area contributed by atoms with E-state index in [0.29, 0.717) is 25.6 Å². The molecule has 0 amide bonds. The maximum absolute atomic E-state index is 13.7. The van der Waals surface area contributed by atoms with Crippen LogP contribution in [0.25, 0.3) is 0 Å². The molecule has 1 saturated carbocycles. The van der Waals surface area contributed by atoms with E-state index in [1.165, 1.54) is 25.0 Å². The third-order valence-corrected chi connectivity index (χ3v) is 3.67. The first-order chi connectivity index (χ1) is 10.8. The molecule has 2 aliphatic rings. The van der Waals surface area contributed by atoms with Crippen molar-refractivity contribution in [3.05, 3.63) is 29.1 Å². The minimum Gasteiger partial charge on any atom is -0.467 e. The Morgan fingerprint density at radius 1 is 1.39 bits per heavy atom. The van der Waals surface area contributed by atoms with Gasteiger partial charge in [0, 0.05) is 24.7 Å². The maximum Gasteiger partial charge on any atom is 0.191 e. The Morgan fingerprint density at radius 3 is 2.96 bits per heavy atom. The molecule has 1 aromatic carbocycles. The van der Waals surface area contributed by atoms with Crippen molar-refractivity contribution in [2.45, 2.75) is 38.8 Å². The molecule has 1 aliphatic heterocycles. The lowest BCUT2D eigenvalue weighted by molar-refractivity contribution is -0.0172. The highest BCUT2D eigenvalue weighted by Gasteiger charge is 2.22. The van der Waals surface area contributed by atoms with Crippen molar-refractivity contribution < 1.29 is 13.9 Å². The number of fused-ring (bicyclic) bond motifs is 1. The smallest absolute Gasteiger partial charge is 0.191 e. The zero-order chi connectivity index (χ0) is 15.4. The third-order valence-electron chi connectivity index (χ3n) is 3.67. The quantitative estimate of drug-likeness (QED) is 0.424. The summed E-state index contributed by atoms with van der Waals surface area (Å²) in [5.74, 6) is 1.33. The molecule has 2 N–H and O–H groups in total. The van der Waals surface area contributed by atoms with E-state index in [2.05, 4.69) is 15.6 Å². The van der Waals surface area contributed by atoms with Gasteiger partial charge in [0.1, 0.15) is 11.6 Å². The van der Waals surface area contributed by atoms with Gasteiger partial charge in [0.05, 0.1) is 6.61 Å². The number of hydrogen-bond donors (Lipinski definition) is 2. The number of guanidine groups is 1. The molecule has 0 unspecified atom stereocenters. The predicted molar refractivity (Wildman–Crippen MR) is 97.9 cm³/mol. The van der Waals surface area contributed by atoms with Gasteiger partial charge in [-0.1, -0.05) is 0 Å². The Morgan fingerprint density at radius 2 is 2.22 bits per heavy atom. The molecular formula is C16H23FIN3O2. The van der Waals surface area contributed by atoms with E-state index in [-0.39, 0.29) is 36.6 Å². The van der Waals surface area contributed by atoms with Crippen molar-refractivity contribution in [2.75, 3.05) is 19.9 Å². The first-order valence-corrected chi connectivity index (χ1v) is 7.83. The zero-order valence-corrected chi connectivity index (χ0v) is 15.6. The lowest BCUT2D eigenvalue weighted by Gasteiger charge is -2.20. The lowest BCUT2D eigenvalue weighted by Crippen LogP contribution is -2.38. The van der Waals surface area contributed by atoms with Crippen LogP contribution in [0.5, 0.6) is 5.75 Å². The van der Waals surface area contributed by atoms with Crippen molar-refractivity contribution in [2.24, 2.45) is 4.99 Å². The summed E-state index contributed by atoms with van der Waals surface area (Å²) >= 11 is 0. The molecule has 0 bridgehead atoms. The molecule has 128 valence electrons. The molecule has 0 saturated heterocycles. The molecule has 23 heavy (non-hydrogen) atoms. The van der Waals surface area contributed by atoms with Gasteiger partial charge in [-0.3, -0.25) is 4.99 Å². The number of rotatable bonds is 5. The standard InChI is InChI=1S/C16H22FN3O2.HI/c1-2-18-16(20-14-3-4-14)19-6-5-11-7-13(17)8-12-9-21-10-22-15(11)12;/h7-8,14H,2-6,9-10H2,1H3,(H2,18,19,20);1H. The van der Waals surface area contributed by atoms with E-state index in [0.717, 1.165) is 29.4 Å². The van der Waals surface area contributed by atoms with Gasteiger partial charge in [-0.05, 0) is 43.9 Å². The Labute approximate surface area is 153 Å². The first-order valence-electron chi connectivity index (χ1n) is 7.83. The minimum absolute atomic E-state index is 0. The van der Waals surface area contributed by atoms with Crippen molar-refractivity contribution in [3.8, 4) is 5.75 Å². The average molecular weight is 435 g/mol. The van der Waals surface area contributed by atoms with Crippen molar-refractivity contribution in [1.29, 1.82) is 0 Å². The second kappa shape index (κ2) is 8.68. The summed E-state index contributed by atoms with van der Waals surface area (Å²) in [5.41, 5.74) is 1.62. The first kappa shape index (κ1) is 18.3. The summed E-state index contributed by atoms with van der Waals surface area (Å²) < 4.78 is 24.4. The molecule has 0 spiro atoms. The summed E-state index contributed by atoms with van der Waals surface area (Å²) in [5, 5.41) is 6.59. The average Bonchev–Trinajstić information content (AvgIpc) is 3.31. The van der Waals surface area contributed by atoms with Crippen LogP contribution in [0.2, 0.25) is 0 Å². The van der Waals surface area contributed by atoms with Gasteiger partial charge in [0.25, 0.3) is 0 Å². The van der Waals surface area contributed by atoms with Gasteiger partial charge in [-0.25, -0.2) is 4.39 Å². The number of ether oxygens (including phenoxy) is 2. The summed E-state index contributed by atoms with van der Waals surface area (Å²) in [6, 6.07) is 3.56. The lowest BCUT2D eigenvalue weighted by atomic mass is 10.1. The number of halogens is 2. The van der Waals surface area contributed by atoms with Crippen LogP contribution in [0, 0.1) is 5.82 Å². The largest absolute Gasteiger partial charge is 0.467 e. The molecule has 5 nitrogen and oxygen atoms in total. The Hall–Kier alpha value is -1.09. The number of nitrogens with one attached hydrogen (secondary N) is 2. The van der Waals surface area contributed by atoms with Gasteiger partial charge in [-0.2, -0.15) is 0 Å². The van der Waals surface area contributed by atoms with E-state index in [1.807, 2.05) is 6.92 Å². The van der Waals surface area contributed by atoms with Crippen molar-refractivity contribution in [1.82, 2.24) is 10.6 Å². The van der Waals surface area contributed by atoms with Crippen LogP contribution in [0.15, 0.2) is 17.1 Å². The number of aliphatic imine (C=N–C) groups is 1. The third kappa shape index (κ3) is 5.20. The summed E-state index contributed by atoms with van der Waals surface area (Å²) in [4.78, 5) is 4.55. The van der Waals surface area contributed by atoms with Crippen LogP contribution in [-0.2, 0) is 17.8 Å². The van der Waals surface area contributed by atoms with Crippen LogP contribution in [0.4, 0.5) is 4.39 Å². The van der Waals surface area contributed by atoms with E-state index in [1.54, 1.807) is 0 Å². The molecule has 3 rings (SSSR count). The number of benzene rings is 1. The van der Waals surface area contributed by atoms with Gasteiger partial charge < -0.3 is 20.1 Å². The molecule has 1 fully saturated rings. The fraction of sp³-hybridized carbons (Fsp3) is 0.562. The Kier molecular flexibility index (Phi) is 6.88. The molecule has 1 aromatic rings. The monoisotopic (exact) mass is 435 g/mol. The van der Waals surface area contributed by atoms with Crippen LogP contribution in [0.3, 0.4) is 0 Å². The van der Waals surface area contributed by atoms with Gasteiger partial charge in [-0.15, -0.1) is 24.0 Å². The summed E-state index contributed by atoms with van der Waals surface area (Å²) in [6.07, 6.45) is 3.05. The van der Waals surface area contributed by atoms with Gasteiger partial charge >= 0.3 is 0 Å². The summed E-state index contributed by atoms with van der Waals surface area (Å²) in [7, 11) is 0. The second-order valence-electron chi connectivity index (χ2n) is 5.59. The topological polar surface area (TPSA) is 54.9 Å².